The van der Waals surface area contributed by atoms with Gasteiger partial charge in [0.15, 0.2) is 11.6 Å². The second-order valence-electron chi connectivity index (χ2n) is 3.30. The number of halogens is 2. The van der Waals surface area contributed by atoms with Crippen molar-refractivity contribution in [3.05, 3.63) is 35.9 Å². The van der Waals surface area contributed by atoms with Gasteiger partial charge in [-0.3, -0.25) is 0 Å². The standard InChI is InChI=1S/C10H8F2N4O2/c1-18-10(17)9-14-4-16(15-9)8-6(13)3-2-5(11)7(8)12/h2-4H,13H2,1H3. The van der Waals surface area contributed by atoms with Crippen molar-refractivity contribution < 1.29 is 18.3 Å². The number of nitrogen functional groups attached to an aromatic ring is 1. The molecule has 2 rings (SSSR count). The summed E-state index contributed by atoms with van der Waals surface area (Å²) in [5, 5.41) is 3.66. The zero-order valence-corrected chi connectivity index (χ0v) is 9.22. The summed E-state index contributed by atoms with van der Waals surface area (Å²) in [5.74, 6) is -3.31. The van der Waals surface area contributed by atoms with Crippen molar-refractivity contribution in [2.45, 2.75) is 0 Å². The molecule has 1 aromatic heterocycles. The smallest absolute Gasteiger partial charge is 0.377 e. The Morgan fingerprint density at radius 1 is 1.44 bits per heavy atom. The van der Waals surface area contributed by atoms with Crippen LogP contribution in [0, 0.1) is 11.6 Å². The summed E-state index contributed by atoms with van der Waals surface area (Å²) in [6.07, 6.45) is 1.04. The van der Waals surface area contributed by atoms with Crippen LogP contribution in [0.1, 0.15) is 10.6 Å². The Bertz CT molecular complexity index is 612. The van der Waals surface area contributed by atoms with E-state index >= 15 is 0 Å². The van der Waals surface area contributed by atoms with Crippen LogP contribution in [-0.2, 0) is 4.74 Å². The molecule has 0 saturated carbocycles. The number of carbonyl (C=O) groups is 1. The van der Waals surface area contributed by atoms with E-state index in [0.29, 0.717) is 0 Å². The van der Waals surface area contributed by atoms with Crippen LogP contribution in [0.5, 0.6) is 0 Å². The van der Waals surface area contributed by atoms with Crippen LogP contribution >= 0.6 is 0 Å². The van der Waals surface area contributed by atoms with E-state index in [1.54, 1.807) is 0 Å². The van der Waals surface area contributed by atoms with Crippen molar-refractivity contribution in [3.63, 3.8) is 0 Å². The van der Waals surface area contributed by atoms with Crippen molar-refractivity contribution in [2.24, 2.45) is 0 Å². The number of rotatable bonds is 2. The molecule has 94 valence electrons. The number of anilines is 1. The topological polar surface area (TPSA) is 83.0 Å². The van der Waals surface area contributed by atoms with Crippen LogP contribution in [0.15, 0.2) is 18.5 Å². The van der Waals surface area contributed by atoms with Crippen LogP contribution in [-0.4, -0.2) is 27.8 Å². The van der Waals surface area contributed by atoms with Crippen molar-refractivity contribution in [2.75, 3.05) is 12.8 Å². The van der Waals surface area contributed by atoms with Gasteiger partial charge in [0.1, 0.15) is 12.0 Å². The lowest BCUT2D eigenvalue weighted by Gasteiger charge is -2.06. The molecule has 0 unspecified atom stereocenters. The molecule has 2 aromatic rings. The number of esters is 1. The molecule has 0 aliphatic heterocycles. The summed E-state index contributed by atoms with van der Waals surface area (Å²) in [4.78, 5) is 14.7. The molecule has 0 aliphatic rings. The summed E-state index contributed by atoms with van der Waals surface area (Å²) >= 11 is 0. The number of aromatic nitrogens is 3. The highest BCUT2D eigenvalue weighted by molar-refractivity contribution is 5.84. The van der Waals surface area contributed by atoms with Gasteiger partial charge in [-0.2, -0.15) is 0 Å². The van der Waals surface area contributed by atoms with Crippen LogP contribution in [0.3, 0.4) is 0 Å². The van der Waals surface area contributed by atoms with Crippen LogP contribution in [0.25, 0.3) is 5.69 Å². The van der Waals surface area contributed by atoms with Gasteiger partial charge in [0, 0.05) is 0 Å². The second-order valence-corrected chi connectivity index (χ2v) is 3.30. The Hall–Kier alpha value is -2.51. The summed E-state index contributed by atoms with van der Waals surface area (Å²) in [6.45, 7) is 0. The molecule has 0 spiro atoms. The molecule has 0 amide bonds. The number of benzene rings is 1. The van der Waals surface area contributed by atoms with Gasteiger partial charge in [0.05, 0.1) is 12.8 Å². The predicted molar refractivity (Wildman–Crippen MR) is 57.0 cm³/mol. The first-order valence-electron chi connectivity index (χ1n) is 4.78. The number of carbonyl (C=O) groups excluding carboxylic acids is 1. The molecule has 6 nitrogen and oxygen atoms in total. The van der Waals surface area contributed by atoms with E-state index in [-0.39, 0.29) is 17.2 Å². The molecule has 1 heterocycles. The molecule has 8 heteroatoms. The van der Waals surface area contributed by atoms with E-state index in [2.05, 4.69) is 14.8 Å². The Morgan fingerprint density at radius 3 is 2.83 bits per heavy atom. The molecule has 2 N–H and O–H groups in total. The van der Waals surface area contributed by atoms with Gasteiger partial charge in [-0.15, -0.1) is 5.10 Å². The number of ether oxygens (including phenoxy) is 1. The highest BCUT2D eigenvalue weighted by Crippen LogP contribution is 2.22. The molecule has 0 bridgehead atoms. The zero-order chi connectivity index (χ0) is 13.3. The SMILES string of the molecule is COC(=O)c1ncn(-c2c(N)ccc(F)c2F)n1. The third-order valence-corrected chi connectivity index (χ3v) is 2.19. The first-order valence-corrected chi connectivity index (χ1v) is 4.78. The lowest BCUT2D eigenvalue weighted by Crippen LogP contribution is -2.08. The van der Waals surface area contributed by atoms with Crippen LogP contribution in [0.2, 0.25) is 0 Å². The first-order chi connectivity index (χ1) is 8.54. The van der Waals surface area contributed by atoms with Crippen molar-refractivity contribution in [1.29, 1.82) is 0 Å². The van der Waals surface area contributed by atoms with E-state index in [1.165, 1.54) is 6.07 Å². The van der Waals surface area contributed by atoms with Gasteiger partial charge < -0.3 is 10.5 Å². The summed E-state index contributed by atoms with van der Waals surface area (Å²) < 4.78 is 31.9. The monoisotopic (exact) mass is 254 g/mol. The maximum atomic E-state index is 13.6. The lowest BCUT2D eigenvalue weighted by atomic mass is 10.2. The maximum Gasteiger partial charge on any atom is 0.377 e. The molecule has 1 aromatic carbocycles. The van der Waals surface area contributed by atoms with Gasteiger partial charge >= 0.3 is 5.97 Å². The van der Waals surface area contributed by atoms with Gasteiger partial charge in [-0.1, -0.05) is 0 Å². The first kappa shape index (κ1) is 12.0. The van der Waals surface area contributed by atoms with Crippen molar-refractivity contribution in [1.82, 2.24) is 14.8 Å². The fourth-order valence-corrected chi connectivity index (χ4v) is 1.34. The van der Waals surface area contributed by atoms with Crippen molar-refractivity contribution in [3.8, 4) is 5.69 Å². The number of methoxy groups -OCH3 is 1. The molecule has 0 saturated heterocycles. The molecule has 0 aliphatic carbocycles. The Labute approximate surface area is 100.0 Å². The molecule has 0 fully saturated rings. The molecular formula is C10H8F2N4O2. The third-order valence-electron chi connectivity index (χ3n) is 2.19. The van der Waals surface area contributed by atoms with E-state index in [1.807, 2.05) is 0 Å². The summed E-state index contributed by atoms with van der Waals surface area (Å²) in [5.41, 5.74) is 5.19. The van der Waals surface area contributed by atoms with Gasteiger partial charge in [-0.25, -0.2) is 23.2 Å². The Morgan fingerprint density at radius 2 is 2.17 bits per heavy atom. The average molecular weight is 254 g/mol. The maximum absolute atomic E-state index is 13.6. The number of nitrogens with zero attached hydrogens (tertiary/aromatic N) is 3. The Balaban J connectivity index is 2.53. The zero-order valence-electron chi connectivity index (χ0n) is 9.22. The molecule has 18 heavy (non-hydrogen) atoms. The largest absolute Gasteiger partial charge is 0.463 e. The second kappa shape index (κ2) is 4.40. The average Bonchev–Trinajstić information content (AvgIpc) is 2.83. The van der Waals surface area contributed by atoms with Gasteiger partial charge in [-0.05, 0) is 12.1 Å². The fourth-order valence-electron chi connectivity index (χ4n) is 1.34. The van der Waals surface area contributed by atoms with E-state index in [4.69, 9.17) is 5.73 Å². The van der Waals surface area contributed by atoms with E-state index in [0.717, 1.165) is 24.2 Å². The predicted octanol–water partition coefficient (Wildman–Crippen LogP) is 0.914. The molecule has 0 atom stereocenters. The minimum atomic E-state index is -1.17. The third kappa shape index (κ3) is 1.88. The lowest BCUT2D eigenvalue weighted by molar-refractivity contribution is 0.0587. The molecular weight excluding hydrogens is 246 g/mol. The fraction of sp³-hybridized carbons (Fsp3) is 0.100. The van der Waals surface area contributed by atoms with Crippen molar-refractivity contribution >= 4 is 11.7 Å². The summed E-state index contributed by atoms with van der Waals surface area (Å²) in [7, 11) is 1.15. The minimum absolute atomic E-state index is 0.0322. The number of hydrogen-bond donors (Lipinski definition) is 1. The van der Waals surface area contributed by atoms with Gasteiger partial charge in [0.2, 0.25) is 0 Å². The number of hydrogen-bond acceptors (Lipinski definition) is 5. The van der Waals surface area contributed by atoms with Crippen LogP contribution in [0.4, 0.5) is 14.5 Å². The number of nitrogens with two attached hydrogens (primary N) is 1. The highest BCUT2D eigenvalue weighted by Gasteiger charge is 2.18. The summed E-state index contributed by atoms with van der Waals surface area (Å²) in [6, 6.07) is 2.08. The van der Waals surface area contributed by atoms with E-state index < -0.39 is 17.6 Å². The Kier molecular flexibility index (Phi) is 2.92. The van der Waals surface area contributed by atoms with Gasteiger partial charge in [0.25, 0.3) is 5.82 Å². The highest BCUT2D eigenvalue weighted by atomic mass is 19.2. The quantitative estimate of drug-likeness (QED) is 0.636. The van der Waals surface area contributed by atoms with Crippen LogP contribution < -0.4 is 5.73 Å². The van der Waals surface area contributed by atoms with E-state index in [9.17, 15) is 13.6 Å². The molecule has 0 radical (unpaired) electrons. The normalized spacial score (nSPS) is 10.4. The minimum Gasteiger partial charge on any atom is -0.463 e.